The third-order valence-corrected chi connectivity index (χ3v) is 6.81. The highest BCUT2D eigenvalue weighted by Gasteiger charge is 2.48. The highest BCUT2D eigenvalue weighted by molar-refractivity contribution is 6.06. The van der Waals surface area contributed by atoms with E-state index in [1.165, 1.54) is 6.07 Å². The minimum Gasteiger partial charge on any atom is -0.444 e. The van der Waals surface area contributed by atoms with E-state index < -0.39 is 84.5 Å². The van der Waals surface area contributed by atoms with Crippen LogP contribution in [-0.2, 0) is 19.1 Å². The standard InChI is InChI=1S/C29H32F4N4O5/c1-16-7-5-6-8-21(16)24(25(39)34-19-12-29(32,33)13-19)37(20-10-17(30)9-18(31)11-20)26(40)22-14-36(15-23(38)35-22)27(41)42-28(2,3)4/h5-11,19,22,24H,12-15H2,1-4H3,(H,34,39)(H,35,38). The van der Waals surface area contributed by atoms with Crippen molar-refractivity contribution in [3.63, 3.8) is 0 Å². The van der Waals surface area contributed by atoms with Crippen molar-refractivity contribution in [3.05, 3.63) is 65.2 Å². The molecule has 2 aromatic rings. The Morgan fingerprint density at radius 2 is 1.71 bits per heavy atom. The summed E-state index contributed by atoms with van der Waals surface area (Å²) in [5.74, 6) is -7.58. The summed E-state index contributed by atoms with van der Waals surface area (Å²) in [4.78, 5) is 55.2. The molecule has 2 aliphatic rings. The number of piperazine rings is 1. The number of carbonyl (C=O) groups excluding carboxylic acids is 4. The van der Waals surface area contributed by atoms with Crippen LogP contribution in [0.25, 0.3) is 0 Å². The predicted octanol–water partition coefficient (Wildman–Crippen LogP) is 4.00. The summed E-state index contributed by atoms with van der Waals surface area (Å²) in [6.45, 7) is 5.74. The van der Waals surface area contributed by atoms with Gasteiger partial charge in [-0.2, -0.15) is 0 Å². The lowest BCUT2D eigenvalue weighted by Crippen LogP contribution is -2.63. The number of alkyl halides is 2. The molecule has 13 heteroatoms. The minimum absolute atomic E-state index is 0.255. The molecule has 2 atom stereocenters. The monoisotopic (exact) mass is 592 g/mol. The van der Waals surface area contributed by atoms with E-state index in [0.717, 1.165) is 21.9 Å². The summed E-state index contributed by atoms with van der Waals surface area (Å²) in [7, 11) is 0. The molecule has 4 rings (SSSR count). The zero-order valence-corrected chi connectivity index (χ0v) is 23.5. The molecule has 9 nitrogen and oxygen atoms in total. The molecule has 2 N–H and O–H groups in total. The Morgan fingerprint density at radius 3 is 2.29 bits per heavy atom. The van der Waals surface area contributed by atoms with Gasteiger partial charge in [0.15, 0.2) is 0 Å². The van der Waals surface area contributed by atoms with Gasteiger partial charge in [-0.05, 0) is 51.0 Å². The topological polar surface area (TPSA) is 108 Å². The van der Waals surface area contributed by atoms with Crippen LogP contribution in [0, 0.1) is 18.6 Å². The fourth-order valence-corrected chi connectivity index (χ4v) is 4.93. The first-order chi connectivity index (χ1) is 19.5. The maximum absolute atomic E-state index is 14.5. The first-order valence-electron chi connectivity index (χ1n) is 13.3. The van der Waals surface area contributed by atoms with Crippen molar-refractivity contribution in [2.24, 2.45) is 0 Å². The average Bonchev–Trinajstić information content (AvgIpc) is 2.84. The molecule has 42 heavy (non-hydrogen) atoms. The lowest BCUT2D eigenvalue weighted by atomic mass is 9.87. The molecule has 1 aliphatic heterocycles. The highest BCUT2D eigenvalue weighted by Crippen LogP contribution is 2.38. The second-order valence-electron chi connectivity index (χ2n) is 11.5. The van der Waals surface area contributed by atoms with Gasteiger partial charge in [0.2, 0.25) is 11.8 Å². The Kier molecular flexibility index (Phi) is 8.51. The largest absolute Gasteiger partial charge is 0.444 e. The Bertz CT molecular complexity index is 1370. The highest BCUT2D eigenvalue weighted by atomic mass is 19.3. The predicted molar refractivity (Wildman–Crippen MR) is 144 cm³/mol. The van der Waals surface area contributed by atoms with E-state index in [1.54, 1.807) is 45.9 Å². The summed E-state index contributed by atoms with van der Waals surface area (Å²) in [6, 6.07) is 4.78. The van der Waals surface area contributed by atoms with E-state index in [1.807, 2.05) is 0 Å². The molecule has 1 heterocycles. The van der Waals surface area contributed by atoms with Crippen molar-refractivity contribution in [1.82, 2.24) is 15.5 Å². The van der Waals surface area contributed by atoms with Crippen LogP contribution in [0.15, 0.2) is 42.5 Å². The zero-order valence-electron chi connectivity index (χ0n) is 23.5. The number of hydrogen-bond acceptors (Lipinski definition) is 5. The number of halogens is 4. The van der Waals surface area contributed by atoms with Gasteiger partial charge >= 0.3 is 6.09 Å². The van der Waals surface area contributed by atoms with Crippen molar-refractivity contribution in [2.45, 2.75) is 70.2 Å². The first kappa shape index (κ1) is 30.8. The van der Waals surface area contributed by atoms with Crippen LogP contribution >= 0.6 is 0 Å². The van der Waals surface area contributed by atoms with E-state index in [-0.39, 0.29) is 17.8 Å². The van der Waals surface area contributed by atoms with Crippen LogP contribution in [-0.4, -0.2) is 65.4 Å². The van der Waals surface area contributed by atoms with Crippen molar-refractivity contribution >= 4 is 29.5 Å². The summed E-state index contributed by atoms with van der Waals surface area (Å²) < 4.78 is 61.4. The number of nitrogens with zero attached hydrogens (tertiary/aromatic N) is 2. The molecule has 0 aromatic heterocycles. The Morgan fingerprint density at radius 1 is 1.10 bits per heavy atom. The van der Waals surface area contributed by atoms with Crippen molar-refractivity contribution in [1.29, 1.82) is 0 Å². The third kappa shape index (κ3) is 7.18. The van der Waals surface area contributed by atoms with Gasteiger partial charge in [0, 0.05) is 24.9 Å². The summed E-state index contributed by atoms with van der Waals surface area (Å²) in [5, 5.41) is 5.00. The van der Waals surface area contributed by atoms with Gasteiger partial charge in [0.25, 0.3) is 11.8 Å². The van der Waals surface area contributed by atoms with Gasteiger partial charge in [-0.15, -0.1) is 0 Å². The number of benzene rings is 2. The average molecular weight is 593 g/mol. The first-order valence-corrected chi connectivity index (χ1v) is 13.3. The van der Waals surface area contributed by atoms with Gasteiger partial charge in [-0.25, -0.2) is 22.4 Å². The minimum atomic E-state index is -2.95. The van der Waals surface area contributed by atoms with Crippen molar-refractivity contribution in [3.8, 4) is 0 Å². The van der Waals surface area contributed by atoms with E-state index in [0.29, 0.717) is 11.6 Å². The molecular formula is C29H32F4N4O5. The SMILES string of the molecule is Cc1ccccc1C(C(=O)NC1CC(F)(F)C1)N(C(=O)C1CN(C(=O)OC(C)(C)C)CC(=O)N1)c1cc(F)cc(F)c1. The van der Waals surface area contributed by atoms with Gasteiger partial charge in [0.1, 0.15) is 35.9 Å². The molecule has 4 amide bonds. The Labute approximate surface area is 240 Å². The quantitative estimate of drug-likeness (QED) is 0.494. The number of amides is 4. The molecule has 2 aromatic carbocycles. The number of carbonyl (C=O) groups is 4. The van der Waals surface area contributed by atoms with Crippen LogP contribution in [0.4, 0.5) is 28.0 Å². The maximum Gasteiger partial charge on any atom is 0.410 e. The summed E-state index contributed by atoms with van der Waals surface area (Å²) >= 11 is 0. The molecule has 2 fully saturated rings. The van der Waals surface area contributed by atoms with E-state index >= 15 is 0 Å². The lowest BCUT2D eigenvalue weighted by Gasteiger charge is -2.40. The molecular weight excluding hydrogens is 560 g/mol. The third-order valence-electron chi connectivity index (χ3n) is 6.81. The van der Waals surface area contributed by atoms with Crippen LogP contribution < -0.4 is 15.5 Å². The Hall–Kier alpha value is -4.16. The number of rotatable bonds is 6. The molecule has 1 saturated carbocycles. The summed E-state index contributed by atoms with van der Waals surface area (Å²) in [5.41, 5.74) is -0.481. The smallest absolute Gasteiger partial charge is 0.410 e. The van der Waals surface area contributed by atoms with Crippen molar-refractivity contribution in [2.75, 3.05) is 18.0 Å². The molecule has 0 bridgehead atoms. The van der Waals surface area contributed by atoms with Gasteiger partial charge < -0.3 is 15.4 Å². The van der Waals surface area contributed by atoms with Gasteiger partial charge in [-0.3, -0.25) is 24.2 Å². The Balaban J connectivity index is 1.77. The van der Waals surface area contributed by atoms with Crippen LogP contribution in [0.5, 0.6) is 0 Å². The number of aryl methyl sites for hydroxylation is 1. The number of anilines is 1. The van der Waals surface area contributed by atoms with Crippen LogP contribution in [0.3, 0.4) is 0 Å². The fraction of sp³-hybridized carbons (Fsp3) is 0.448. The second kappa shape index (κ2) is 11.6. The molecule has 1 saturated heterocycles. The van der Waals surface area contributed by atoms with E-state index in [4.69, 9.17) is 4.74 Å². The lowest BCUT2D eigenvalue weighted by molar-refractivity contribution is -0.135. The normalized spacial score (nSPS) is 19.3. The zero-order chi connectivity index (χ0) is 31.0. The maximum atomic E-state index is 14.5. The van der Waals surface area contributed by atoms with Crippen molar-refractivity contribution < 1.29 is 41.5 Å². The number of hydrogen-bond donors (Lipinski definition) is 2. The number of nitrogens with one attached hydrogen (secondary N) is 2. The molecule has 1 aliphatic carbocycles. The molecule has 0 spiro atoms. The molecule has 0 radical (unpaired) electrons. The van der Waals surface area contributed by atoms with E-state index in [9.17, 15) is 36.7 Å². The van der Waals surface area contributed by atoms with Crippen LogP contribution in [0.1, 0.15) is 50.8 Å². The summed E-state index contributed by atoms with van der Waals surface area (Å²) in [6.07, 6.45) is -2.08. The van der Waals surface area contributed by atoms with E-state index in [2.05, 4.69) is 10.6 Å². The second-order valence-corrected chi connectivity index (χ2v) is 11.5. The number of ether oxygens (including phenoxy) is 1. The fourth-order valence-electron chi connectivity index (χ4n) is 4.93. The van der Waals surface area contributed by atoms with Gasteiger partial charge in [0.05, 0.1) is 12.2 Å². The molecule has 2 unspecified atom stereocenters. The van der Waals surface area contributed by atoms with Crippen LogP contribution in [0.2, 0.25) is 0 Å². The molecule has 226 valence electrons. The van der Waals surface area contributed by atoms with Gasteiger partial charge in [-0.1, -0.05) is 24.3 Å².